The summed E-state index contributed by atoms with van der Waals surface area (Å²) in [7, 11) is 0. The summed E-state index contributed by atoms with van der Waals surface area (Å²) in [5.74, 6) is 2.01. The van der Waals surface area contributed by atoms with Crippen molar-refractivity contribution in [2.75, 3.05) is 26.3 Å². The molecule has 0 aromatic heterocycles. The minimum absolute atomic E-state index is 0. The van der Waals surface area contributed by atoms with Crippen LogP contribution < -0.4 is 15.4 Å². The van der Waals surface area contributed by atoms with E-state index in [1.807, 2.05) is 0 Å². The van der Waals surface area contributed by atoms with Crippen molar-refractivity contribution in [3.8, 4) is 5.75 Å². The zero-order valence-electron chi connectivity index (χ0n) is 16.5. The molecule has 0 radical (unpaired) electrons. The lowest BCUT2D eigenvalue weighted by molar-refractivity contribution is -0.122. The van der Waals surface area contributed by atoms with E-state index in [2.05, 4.69) is 42.7 Å². The predicted molar refractivity (Wildman–Crippen MR) is 110 cm³/mol. The monoisotopic (exact) mass is 396 g/mol. The van der Waals surface area contributed by atoms with Gasteiger partial charge in [0.1, 0.15) is 11.9 Å². The average Bonchev–Trinajstić information content (AvgIpc) is 3.15. The second-order valence-corrected chi connectivity index (χ2v) is 7.78. The number of carbonyl (C=O) groups is 1. The fourth-order valence-corrected chi connectivity index (χ4v) is 3.79. The lowest BCUT2D eigenvalue weighted by Gasteiger charge is -2.28. The Kier molecular flexibility index (Phi) is 8.87. The van der Waals surface area contributed by atoms with E-state index in [-0.39, 0.29) is 24.4 Å². The number of hydrogen-bond acceptors (Lipinski definition) is 4. The van der Waals surface area contributed by atoms with Crippen LogP contribution in [-0.2, 0) is 16.1 Å². The number of nitrogens with one attached hydrogen (secondary N) is 2. The quantitative estimate of drug-likeness (QED) is 0.742. The molecule has 0 saturated carbocycles. The van der Waals surface area contributed by atoms with Gasteiger partial charge in [0.2, 0.25) is 5.91 Å². The Morgan fingerprint density at radius 1 is 1.41 bits per heavy atom. The number of piperidine rings is 1. The molecule has 2 aliphatic rings. The molecule has 27 heavy (non-hydrogen) atoms. The van der Waals surface area contributed by atoms with Crippen LogP contribution in [0.2, 0.25) is 0 Å². The minimum Gasteiger partial charge on any atom is -0.488 e. The largest absolute Gasteiger partial charge is 0.488 e. The minimum atomic E-state index is 0. The molecule has 2 N–H and O–H groups in total. The highest BCUT2D eigenvalue weighted by Gasteiger charge is 2.22. The van der Waals surface area contributed by atoms with E-state index < -0.39 is 0 Å². The third kappa shape index (κ3) is 6.66. The van der Waals surface area contributed by atoms with Gasteiger partial charge in [-0.25, -0.2) is 0 Å². The molecule has 2 saturated heterocycles. The molecule has 2 aliphatic heterocycles. The Labute approximate surface area is 169 Å². The molecule has 3 rings (SSSR count). The van der Waals surface area contributed by atoms with Crippen LogP contribution in [0.15, 0.2) is 18.2 Å². The van der Waals surface area contributed by atoms with E-state index in [9.17, 15) is 4.79 Å². The molecule has 1 aromatic carbocycles. The van der Waals surface area contributed by atoms with Crippen molar-refractivity contribution in [1.82, 2.24) is 10.6 Å². The van der Waals surface area contributed by atoms with Gasteiger partial charge in [0, 0.05) is 24.9 Å². The van der Waals surface area contributed by atoms with Crippen LogP contribution in [0.3, 0.4) is 0 Å². The number of hydrogen-bond donors (Lipinski definition) is 2. The summed E-state index contributed by atoms with van der Waals surface area (Å²) in [6.45, 7) is 8.31. The molecule has 0 aliphatic carbocycles. The van der Waals surface area contributed by atoms with Gasteiger partial charge in [-0.2, -0.15) is 0 Å². The van der Waals surface area contributed by atoms with Crippen LogP contribution in [0.5, 0.6) is 5.75 Å². The summed E-state index contributed by atoms with van der Waals surface area (Å²) in [4.78, 5) is 12.4. The van der Waals surface area contributed by atoms with Gasteiger partial charge >= 0.3 is 0 Å². The van der Waals surface area contributed by atoms with Crippen molar-refractivity contribution >= 4 is 18.3 Å². The SMILES string of the molecule is Cc1ccc(CNC(=O)CC(C)C2CCCNC2)c(OC2CCOC2)c1.Cl. The molecule has 1 amide bonds. The van der Waals surface area contributed by atoms with Gasteiger partial charge in [-0.15, -0.1) is 12.4 Å². The van der Waals surface area contributed by atoms with Gasteiger partial charge in [0.05, 0.1) is 13.2 Å². The van der Waals surface area contributed by atoms with E-state index in [1.54, 1.807) is 0 Å². The van der Waals surface area contributed by atoms with Crippen molar-refractivity contribution in [3.05, 3.63) is 29.3 Å². The normalized spacial score (nSPS) is 23.3. The fraction of sp³-hybridized carbons (Fsp3) is 0.667. The molecule has 2 fully saturated rings. The molecule has 6 heteroatoms. The highest BCUT2D eigenvalue weighted by atomic mass is 35.5. The van der Waals surface area contributed by atoms with Crippen LogP contribution in [0, 0.1) is 18.8 Å². The Morgan fingerprint density at radius 3 is 2.96 bits per heavy atom. The van der Waals surface area contributed by atoms with Crippen LogP contribution in [-0.4, -0.2) is 38.3 Å². The molecule has 3 unspecified atom stereocenters. The van der Waals surface area contributed by atoms with Crippen LogP contribution in [0.1, 0.15) is 43.7 Å². The van der Waals surface area contributed by atoms with E-state index in [0.29, 0.717) is 31.4 Å². The first-order valence-corrected chi connectivity index (χ1v) is 9.93. The molecule has 5 nitrogen and oxygen atoms in total. The van der Waals surface area contributed by atoms with Gasteiger partial charge < -0.3 is 20.1 Å². The molecular formula is C21H33ClN2O3. The highest BCUT2D eigenvalue weighted by molar-refractivity contribution is 5.85. The van der Waals surface area contributed by atoms with Crippen molar-refractivity contribution < 1.29 is 14.3 Å². The second-order valence-electron chi connectivity index (χ2n) is 7.78. The molecule has 2 heterocycles. The molecule has 1 aromatic rings. The van der Waals surface area contributed by atoms with Crippen molar-refractivity contribution in [3.63, 3.8) is 0 Å². The maximum Gasteiger partial charge on any atom is 0.220 e. The van der Waals surface area contributed by atoms with Crippen LogP contribution in [0.25, 0.3) is 0 Å². The number of benzene rings is 1. The van der Waals surface area contributed by atoms with Crippen molar-refractivity contribution in [2.45, 2.75) is 52.2 Å². The molecule has 152 valence electrons. The Balaban J connectivity index is 0.00000261. The fourth-order valence-electron chi connectivity index (χ4n) is 3.79. The third-order valence-electron chi connectivity index (χ3n) is 5.53. The maximum atomic E-state index is 12.4. The number of halogens is 1. The van der Waals surface area contributed by atoms with E-state index in [1.165, 1.54) is 12.8 Å². The highest BCUT2D eigenvalue weighted by Crippen LogP contribution is 2.25. The van der Waals surface area contributed by atoms with Gasteiger partial charge in [-0.3, -0.25) is 4.79 Å². The zero-order valence-corrected chi connectivity index (χ0v) is 17.3. The molecule has 0 spiro atoms. The first-order chi connectivity index (χ1) is 12.6. The summed E-state index contributed by atoms with van der Waals surface area (Å²) in [6, 6.07) is 6.17. The average molecular weight is 397 g/mol. The summed E-state index contributed by atoms with van der Waals surface area (Å²) in [6.07, 6.45) is 4.06. The first-order valence-electron chi connectivity index (χ1n) is 9.93. The smallest absolute Gasteiger partial charge is 0.220 e. The first kappa shape index (κ1) is 22.0. The van der Waals surface area contributed by atoms with E-state index in [4.69, 9.17) is 9.47 Å². The zero-order chi connectivity index (χ0) is 18.4. The topological polar surface area (TPSA) is 59.6 Å². The predicted octanol–water partition coefficient (Wildman–Crippen LogP) is 3.23. The van der Waals surface area contributed by atoms with E-state index in [0.717, 1.165) is 43.0 Å². The van der Waals surface area contributed by atoms with E-state index >= 15 is 0 Å². The number of carbonyl (C=O) groups excluding carboxylic acids is 1. The summed E-state index contributed by atoms with van der Waals surface area (Å²) in [5, 5.41) is 6.52. The Morgan fingerprint density at radius 2 is 2.26 bits per heavy atom. The number of rotatable bonds is 7. The summed E-state index contributed by atoms with van der Waals surface area (Å²) < 4.78 is 11.5. The lowest BCUT2D eigenvalue weighted by Crippen LogP contribution is -2.35. The molecular weight excluding hydrogens is 364 g/mol. The summed E-state index contributed by atoms with van der Waals surface area (Å²) in [5.41, 5.74) is 2.19. The Hall–Kier alpha value is -1.30. The summed E-state index contributed by atoms with van der Waals surface area (Å²) >= 11 is 0. The lowest BCUT2D eigenvalue weighted by atomic mass is 9.85. The van der Waals surface area contributed by atoms with Crippen molar-refractivity contribution in [1.29, 1.82) is 0 Å². The van der Waals surface area contributed by atoms with Gasteiger partial charge in [-0.05, 0) is 56.3 Å². The van der Waals surface area contributed by atoms with Crippen LogP contribution in [0.4, 0.5) is 0 Å². The van der Waals surface area contributed by atoms with Gasteiger partial charge in [0.15, 0.2) is 0 Å². The second kappa shape index (κ2) is 10.9. The maximum absolute atomic E-state index is 12.4. The van der Waals surface area contributed by atoms with Gasteiger partial charge in [-0.1, -0.05) is 19.1 Å². The van der Waals surface area contributed by atoms with Crippen LogP contribution >= 0.6 is 12.4 Å². The Bertz CT molecular complexity index is 599. The van der Waals surface area contributed by atoms with Gasteiger partial charge in [0.25, 0.3) is 0 Å². The van der Waals surface area contributed by atoms with Crippen molar-refractivity contribution in [2.24, 2.45) is 11.8 Å². The standard InChI is InChI=1S/C21H32N2O3.ClH/c1-15-5-6-18(20(10-15)26-19-7-9-25-14-19)13-23-21(24)11-16(2)17-4-3-8-22-12-17;/h5-6,10,16-17,19,22H,3-4,7-9,11-14H2,1-2H3,(H,23,24);1H. The number of amides is 1. The third-order valence-corrected chi connectivity index (χ3v) is 5.53. The number of aryl methyl sites for hydroxylation is 1. The molecule has 3 atom stereocenters. The molecule has 0 bridgehead atoms. The number of ether oxygens (including phenoxy) is 2.